The topological polar surface area (TPSA) is 115 Å². The van der Waals surface area contributed by atoms with Crippen molar-refractivity contribution in [3.63, 3.8) is 0 Å². The van der Waals surface area contributed by atoms with Gasteiger partial charge in [0.25, 0.3) is 5.91 Å². The van der Waals surface area contributed by atoms with Crippen molar-refractivity contribution >= 4 is 35.0 Å². The number of thioether (sulfide) groups is 1. The maximum absolute atomic E-state index is 12.1. The van der Waals surface area contributed by atoms with Gasteiger partial charge in [-0.1, -0.05) is 0 Å². The molecule has 8 nitrogen and oxygen atoms in total. The molecule has 0 saturated carbocycles. The van der Waals surface area contributed by atoms with E-state index in [2.05, 4.69) is 20.5 Å². The number of pyridine rings is 1. The molecule has 2 aromatic rings. The lowest BCUT2D eigenvalue weighted by molar-refractivity contribution is 0.0958. The van der Waals surface area contributed by atoms with Gasteiger partial charge in [-0.25, -0.2) is 4.98 Å². The fourth-order valence-corrected chi connectivity index (χ4v) is 2.18. The number of nitrogen functional groups attached to an aromatic ring is 1. The number of ether oxygens (including phenoxy) is 1. The van der Waals surface area contributed by atoms with Crippen molar-refractivity contribution in [2.75, 3.05) is 31.4 Å². The number of amides is 1. The van der Waals surface area contributed by atoms with Gasteiger partial charge in [0.2, 0.25) is 0 Å². The molecule has 0 aromatic carbocycles. The standard InChI is InChI=1S/C13H16N6O2S/c1-15-13(20)11-8(5-10(14)18-19-11)17-12-9(22-3)4-7(21-2)6-16-12/h4-6H,1-3H3,(H,15,20)(H3,14,16,17,18)/i1D3. The lowest BCUT2D eigenvalue weighted by Gasteiger charge is -2.13. The molecular formula is C13H16N6O2S. The molecule has 0 aliphatic carbocycles. The molecule has 2 aromatic heterocycles. The zero-order valence-corrected chi connectivity index (χ0v) is 12.7. The first-order valence-electron chi connectivity index (χ1n) is 7.54. The van der Waals surface area contributed by atoms with Crippen molar-refractivity contribution in [2.45, 2.75) is 4.90 Å². The first kappa shape index (κ1) is 12.0. The summed E-state index contributed by atoms with van der Waals surface area (Å²) in [6, 6.07) is 3.14. The van der Waals surface area contributed by atoms with Gasteiger partial charge < -0.3 is 21.1 Å². The van der Waals surface area contributed by atoms with Gasteiger partial charge in [0, 0.05) is 17.2 Å². The molecule has 0 fully saturated rings. The maximum Gasteiger partial charge on any atom is 0.273 e. The van der Waals surface area contributed by atoms with Crippen LogP contribution in [0.5, 0.6) is 5.75 Å². The number of carbonyl (C=O) groups excluding carboxylic acids is 1. The highest BCUT2D eigenvalue weighted by atomic mass is 32.2. The molecule has 0 atom stereocenters. The summed E-state index contributed by atoms with van der Waals surface area (Å²) in [4.78, 5) is 17.1. The van der Waals surface area contributed by atoms with Crippen molar-refractivity contribution in [3.05, 3.63) is 24.0 Å². The Morgan fingerprint density at radius 1 is 1.45 bits per heavy atom. The number of carbonyl (C=O) groups is 1. The van der Waals surface area contributed by atoms with Gasteiger partial charge in [-0.2, -0.15) is 0 Å². The Morgan fingerprint density at radius 3 is 2.95 bits per heavy atom. The summed E-state index contributed by atoms with van der Waals surface area (Å²) < 4.78 is 26.5. The van der Waals surface area contributed by atoms with Crippen LogP contribution >= 0.6 is 11.8 Å². The fourth-order valence-electron chi connectivity index (χ4n) is 1.64. The van der Waals surface area contributed by atoms with Crippen LogP contribution in [0.3, 0.4) is 0 Å². The molecule has 0 unspecified atom stereocenters. The summed E-state index contributed by atoms with van der Waals surface area (Å²) in [6.07, 6.45) is 3.35. The molecule has 0 saturated heterocycles. The van der Waals surface area contributed by atoms with E-state index in [-0.39, 0.29) is 17.2 Å². The highest BCUT2D eigenvalue weighted by molar-refractivity contribution is 7.98. The number of methoxy groups -OCH3 is 1. The summed E-state index contributed by atoms with van der Waals surface area (Å²) in [7, 11) is 1.53. The van der Waals surface area contributed by atoms with E-state index in [9.17, 15) is 4.79 Å². The predicted molar refractivity (Wildman–Crippen MR) is 85.7 cm³/mol. The maximum atomic E-state index is 12.1. The average Bonchev–Trinajstić information content (AvgIpc) is 2.53. The van der Waals surface area contributed by atoms with Crippen molar-refractivity contribution in [1.82, 2.24) is 20.5 Å². The number of nitrogens with zero attached hydrogens (tertiary/aromatic N) is 3. The van der Waals surface area contributed by atoms with Gasteiger partial charge >= 0.3 is 0 Å². The van der Waals surface area contributed by atoms with Crippen LogP contribution in [0.2, 0.25) is 0 Å². The van der Waals surface area contributed by atoms with Gasteiger partial charge in [0.15, 0.2) is 5.69 Å². The molecule has 1 amide bonds. The Labute approximate surface area is 136 Å². The molecule has 2 heterocycles. The van der Waals surface area contributed by atoms with Gasteiger partial charge in [-0.3, -0.25) is 4.79 Å². The highest BCUT2D eigenvalue weighted by Gasteiger charge is 2.15. The third-order valence-electron chi connectivity index (χ3n) is 2.68. The molecule has 116 valence electrons. The minimum Gasteiger partial charge on any atom is -0.495 e. The lowest BCUT2D eigenvalue weighted by atomic mass is 10.3. The summed E-state index contributed by atoms with van der Waals surface area (Å²) in [5.41, 5.74) is 5.59. The number of aromatic nitrogens is 3. The Morgan fingerprint density at radius 2 is 2.27 bits per heavy atom. The summed E-state index contributed by atoms with van der Waals surface area (Å²) in [5, 5.41) is 12.1. The average molecular weight is 323 g/mol. The fraction of sp³-hybridized carbons (Fsp3) is 0.231. The van der Waals surface area contributed by atoms with Crippen molar-refractivity contribution in [2.24, 2.45) is 0 Å². The Hall–Kier alpha value is -2.55. The lowest BCUT2D eigenvalue weighted by Crippen LogP contribution is -2.21. The van der Waals surface area contributed by atoms with E-state index in [0.29, 0.717) is 11.6 Å². The Bertz CT molecular complexity index is 787. The second-order valence-electron chi connectivity index (χ2n) is 4.04. The van der Waals surface area contributed by atoms with E-state index in [1.807, 2.05) is 11.6 Å². The van der Waals surface area contributed by atoms with Gasteiger partial charge in [0.05, 0.1) is 23.9 Å². The molecule has 4 N–H and O–H groups in total. The molecule has 0 radical (unpaired) electrons. The van der Waals surface area contributed by atoms with E-state index in [1.165, 1.54) is 31.1 Å². The summed E-state index contributed by atoms with van der Waals surface area (Å²) >= 11 is 1.41. The third kappa shape index (κ3) is 3.37. The summed E-state index contributed by atoms with van der Waals surface area (Å²) in [6.45, 7) is -2.65. The Kier molecular flexibility index (Phi) is 3.80. The number of hydrogen-bond donors (Lipinski definition) is 3. The van der Waals surface area contributed by atoms with Crippen LogP contribution in [-0.2, 0) is 0 Å². The molecule has 9 heteroatoms. The minimum atomic E-state index is -2.65. The number of anilines is 3. The molecule has 0 bridgehead atoms. The van der Waals surface area contributed by atoms with Crippen molar-refractivity contribution in [1.29, 1.82) is 0 Å². The monoisotopic (exact) mass is 323 g/mol. The number of rotatable bonds is 5. The molecule has 2 rings (SSSR count). The third-order valence-corrected chi connectivity index (χ3v) is 3.43. The first-order chi connectivity index (χ1) is 11.7. The van der Waals surface area contributed by atoms with Gasteiger partial charge in [-0.05, 0) is 12.3 Å². The number of nitrogens with two attached hydrogens (primary N) is 1. The summed E-state index contributed by atoms with van der Waals surface area (Å²) in [5.74, 6) is 0.160. The normalized spacial score (nSPS) is 12.7. The van der Waals surface area contributed by atoms with Crippen LogP contribution in [-0.4, -0.2) is 41.4 Å². The SMILES string of the molecule is [2H]C([2H])([2H])NC(=O)c1nnc(N)cc1Nc1ncc(OC)cc1SC. The van der Waals surface area contributed by atoms with Crippen LogP contribution in [0.25, 0.3) is 0 Å². The second kappa shape index (κ2) is 6.94. The first-order valence-corrected chi connectivity index (χ1v) is 7.26. The van der Waals surface area contributed by atoms with Crippen LogP contribution in [0.4, 0.5) is 17.3 Å². The van der Waals surface area contributed by atoms with E-state index < -0.39 is 12.9 Å². The number of hydrogen-bond acceptors (Lipinski definition) is 8. The van der Waals surface area contributed by atoms with Crippen LogP contribution in [0, 0.1) is 0 Å². The predicted octanol–water partition coefficient (Wildman–Crippen LogP) is 1.29. The second-order valence-corrected chi connectivity index (χ2v) is 4.88. The van der Waals surface area contributed by atoms with E-state index in [1.54, 1.807) is 6.07 Å². The quantitative estimate of drug-likeness (QED) is 0.705. The van der Waals surface area contributed by atoms with Crippen molar-refractivity contribution in [3.8, 4) is 5.75 Å². The highest BCUT2D eigenvalue weighted by Crippen LogP contribution is 2.30. The van der Waals surface area contributed by atoms with E-state index >= 15 is 0 Å². The van der Waals surface area contributed by atoms with E-state index in [4.69, 9.17) is 14.6 Å². The minimum absolute atomic E-state index is 0.0622. The molecule has 0 spiro atoms. The van der Waals surface area contributed by atoms with Crippen LogP contribution < -0.4 is 21.1 Å². The van der Waals surface area contributed by atoms with Gasteiger partial charge in [-0.15, -0.1) is 22.0 Å². The molecule has 0 aliphatic rings. The Balaban J connectivity index is 2.39. The van der Waals surface area contributed by atoms with Crippen LogP contribution in [0.15, 0.2) is 23.2 Å². The smallest absolute Gasteiger partial charge is 0.273 e. The molecule has 22 heavy (non-hydrogen) atoms. The van der Waals surface area contributed by atoms with E-state index in [0.717, 1.165) is 4.90 Å². The largest absolute Gasteiger partial charge is 0.495 e. The van der Waals surface area contributed by atoms with Crippen molar-refractivity contribution < 1.29 is 13.6 Å². The molecular weight excluding hydrogens is 304 g/mol. The van der Waals surface area contributed by atoms with Gasteiger partial charge in [0.1, 0.15) is 17.4 Å². The zero-order valence-electron chi connectivity index (χ0n) is 14.9. The van der Waals surface area contributed by atoms with Crippen LogP contribution in [0.1, 0.15) is 14.6 Å². The molecule has 0 aliphatic heterocycles. The number of nitrogens with one attached hydrogen (secondary N) is 2. The zero-order chi connectivity index (χ0) is 18.6.